The normalized spacial score (nSPS) is 12.6. The third-order valence-electron chi connectivity index (χ3n) is 2.97. The van der Waals surface area contributed by atoms with E-state index in [1.807, 2.05) is 32.4 Å². The molecule has 1 N–H and O–H groups in total. The Morgan fingerprint density at radius 1 is 1.44 bits per heavy atom. The van der Waals surface area contributed by atoms with Gasteiger partial charge in [0.05, 0.1) is 6.20 Å². The Labute approximate surface area is 107 Å². The van der Waals surface area contributed by atoms with E-state index < -0.39 is 0 Å². The summed E-state index contributed by atoms with van der Waals surface area (Å²) >= 11 is 0. The van der Waals surface area contributed by atoms with E-state index in [4.69, 9.17) is 0 Å². The van der Waals surface area contributed by atoms with Gasteiger partial charge in [0.1, 0.15) is 5.82 Å². The molecule has 0 bridgehead atoms. The van der Waals surface area contributed by atoms with Crippen molar-refractivity contribution in [3.8, 4) is 0 Å². The van der Waals surface area contributed by atoms with Crippen LogP contribution in [0, 0.1) is 5.82 Å². The smallest absolute Gasteiger partial charge is 0.123 e. The van der Waals surface area contributed by atoms with Gasteiger partial charge in [-0.2, -0.15) is 5.10 Å². The van der Waals surface area contributed by atoms with Gasteiger partial charge in [-0.3, -0.25) is 4.68 Å². The molecule has 0 spiro atoms. The number of aryl methyl sites for hydroxylation is 1. The number of halogens is 1. The average molecular weight is 247 g/mol. The van der Waals surface area contributed by atoms with Crippen LogP contribution >= 0.6 is 0 Å². The zero-order valence-electron chi connectivity index (χ0n) is 10.7. The zero-order chi connectivity index (χ0) is 13.0. The zero-order valence-corrected chi connectivity index (χ0v) is 10.7. The van der Waals surface area contributed by atoms with Gasteiger partial charge in [0.25, 0.3) is 0 Å². The molecular formula is C14H18FN3. The Morgan fingerprint density at radius 2 is 2.28 bits per heavy atom. The summed E-state index contributed by atoms with van der Waals surface area (Å²) in [6.45, 7) is 2.89. The largest absolute Gasteiger partial charge is 0.310 e. The Balaban J connectivity index is 1.83. The molecule has 1 atom stereocenters. The summed E-state index contributed by atoms with van der Waals surface area (Å²) in [4.78, 5) is 0. The Kier molecular flexibility index (Phi) is 4.10. The first kappa shape index (κ1) is 12.8. The van der Waals surface area contributed by atoms with E-state index in [1.54, 1.807) is 16.8 Å². The molecule has 0 fully saturated rings. The lowest BCUT2D eigenvalue weighted by Crippen LogP contribution is -2.21. The summed E-state index contributed by atoms with van der Waals surface area (Å²) in [5, 5.41) is 7.50. The summed E-state index contributed by atoms with van der Waals surface area (Å²) in [6.07, 6.45) is 4.80. The maximum Gasteiger partial charge on any atom is 0.123 e. The average Bonchev–Trinajstić information content (AvgIpc) is 2.75. The fourth-order valence-electron chi connectivity index (χ4n) is 1.93. The third-order valence-corrected chi connectivity index (χ3v) is 2.97. The van der Waals surface area contributed by atoms with E-state index in [1.165, 1.54) is 11.6 Å². The number of nitrogens with zero attached hydrogens (tertiary/aromatic N) is 2. The molecule has 0 amide bonds. The fraction of sp³-hybridized carbons (Fsp3) is 0.357. The van der Waals surface area contributed by atoms with Crippen LogP contribution in [0.25, 0.3) is 0 Å². The Morgan fingerprint density at radius 3 is 2.94 bits per heavy atom. The molecule has 1 unspecified atom stereocenters. The number of hydrogen-bond donors (Lipinski definition) is 1. The molecule has 3 nitrogen and oxygen atoms in total. The quantitative estimate of drug-likeness (QED) is 0.879. The molecular weight excluding hydrogens is 229 g/mol. The lowest BCUT2D eigenvalue weighted by Gasteiger charge is -2.13. The maximum absolute atomic E-state index is 13.1. The highest BCUT2D eigenvalue weighted by Gasteiger charge is 2.05. The molecule has 0 aliphatic rings. The van der Waals surface area contributed by atoms with Crippen LogP contribution in [0.15, 0.2) is 36.7 Å². The molecule has 0 saturated carbocycles. The molecule has 4 heteroatoms. The number of benzene rings is 1. The van der Waals surface area contributed by atoms with Crippen LogP contribution < -0.4 is 5.32 Å². The molecule has 0 radical (unpaired) electrons. The molecule has 18 heavy (non-hydrogen) atoms. The minimum absolute atomic E-state index is 0.150. The van der Waals surface area contributed by atoms with Crippen molar-refractivity contribution in [3.05, 3.63) is 53.6 Å². The number of aromatic nitrogens is 2. The molecule has 1 heterocycles. The predicted octanol–water partition coefficient (Wildman–Crippen LogP) is 2.45. The van der Waals surface area contributed by atoms with Crippen molar-refractivity contribution < 1.29 is 4.39 Å². The second-order valence-electron chi connectivity index (χ2n) is 4.50. The van der Waals surface area contributed by atoms with Crippen LogP contribution in [0.5, 0.6) is 0 Å². The van der Waals surface area contributed by atoms with Crippen molar-refractivity contribution in [1.29, 1.82) is 0 Å². The molecule has 1 aromatic carbocycles. The highest BCUT2D eigenvalue weighted by atomic mass is 19.1. The first-order chi connectivity index (χ1) is 8.65. The van der Waals surface area contributed by atoms with Crippen molar-refractivity contribution in [2.24, 2.45) is 7.05 Å². The van der Waals surface area contributed by atoms with Gasteiger partial charge in [0.2, 0.25) is 0 Å². The van der Waals surface area contributed by atoms with Gasteiger partial charge >= 0.3 is 0 Å². The van der Waals surface area contributed by atoms with E-state index in [0.717, 1.165) is 18.5 Å². The second-order valence-corrected chi connectivity index (χ2v) is 4.50. The molecule has 0 saturated heterocycles. The van der Waals surface area contributed by atoms with E-state index in [-0.39, 0.29) is 11.9 Å². The van der Waals surface area contributed by atoms with E-state index >= 15 is 0 Å². The summed E-state index contributed by atoms with van der Waals surface area (Å²) in [7, 11) is 1.91. The lowest BCUT2D eigenvalue weighted by atomic mass is 10.1. The lowest BCUT2D eigenvalue weighted by molar-refractivity contribution is 0.567. The third kappa shape index (κ3) is 3.40. The van der Waals surface area contributed by atoms with Gasteiger partial charge < -0.3 is 5.32 Å². The second kappa shape index (κ2) is 5.78. The van der Waals surface area contributed by atoms with Crippen molar-refractivity contribution >= 4 is 0 Å². The molecule has 2 aromatic rings. The van der Waals surface area contributed by atoms with Crippen LogP contribution in [0.3, 0.4) is 0 Å². The standard InChI is InChI=1S/C14H18FN3/c1-11(13-4-3-5-14(15)8-13)16-7-6-12-9-17-18(2)10-12/h3-5,8-11,16H,6-7H2,1-2H3. The van der Waals surface area contributed by atoms with Crippen LogP contribution in [-0.2, 0) is 13.5 Å². The fourth-order valence-corrected chi connectivity index (χ4v) is 1.93. The van der Waals surface area contributed by atoms with Crippen molar-refractivity contribution in [2.45, 2.75) is 19.4 Å². The van der Waals surface area contributed by atoms with Gasteiger partial charge in [-0.25, -0.2) is 4.39 Å². The Bertz CT molecular complexity index is 507. The first-order valence-electron chi connectivity index (χ1n) is 6.11. The van der Waals surface area contributed by atoms with Crippen LogP contribution in [-0.4, -0.2) is 16.3 Å². The number of nitrogens with one attached hydrogen (secondary N) is 1. The summed E-state index contributed by atoms with van der Waals surface area (Å²) in [5.74, 6) is -0.187. The van der Waals surface area contributed by atoms with E-state index in [2.05, 4.69) is 10.4 Å². The minimum Gasteiger partial charge on any atom is -0.310 e. The van der Waals surface area contributed by atoms with Crippen molar-refractivity contribution in [2.75, 3.05) is 6.54 Å². The first-order valence-corrected chi connectivity index (χ1v) is 6.11. The number of hydrogen-bond acceptors (Lipinski definition) is 2. The molecule has 0 aliphatic carbocycles. The van der Waals surface area contributed by atoms with Crippen molar-refractivity contribution in [1.82, 2.24) is 15.1 Å². The summed E-state index contributed by atoms with van der Waals surface area (Å²) in [6, 6.07) is 6.86. The maximum atomic E-state index is 13.1. The molecule has 2 rings (SSSR count). The molecule has 96 valence electrons. The minimum atomic E-state index is -0.187. The topological polar surface area (TPSA) is 29.9 Å². The van der Waals surface area contributed by atoms with E-state index in [0.29, 0.717) is 0 Å². The summed E-state index contributed by atoms with van der Waals surface area (Å²) < 4.78 is 14.9. The van der Waals surface area contributed by atoms with Gasteiger partial charge in [-0.1, -0.05) is 12.1 Å². The van der Waals surface area contributed by atoms with Gasteiger partial charge in [0.15, 0.2) is 0 Å². The van der Waals surface area contributed by atoms with E-state index in [9.17, 15) is 4.39 Å². The monoisotopic (exact) mass is 247 g/mol. The van der Waals surface area contributed by atoms with Gasteiger partial charge in [-0.05, 0) is 43.1 Å². The van der Waals surface area contributed by atoms with Gasteiger partial charge in [0, 0.05) is 19.3 Å². The Hall–Kier alpha value is -1.68. The molecule has 1 aromatic heterocycles. The number of rotatable bonds is 5. The van der Waals surface area contributed by atoms with Crippen LogP contribution in [0.1, 0.15) is 24.1 Å². The van der Waals surface area contributed by atoms with Gasteiger partial charge in [-0.15, -0.1) is 0 Å². The van der Waals surface area contributed by atoms with Crippen LogP contribution in [0.4, 0.5) is 4.39 Å². The van der Waals surface area contributed by atoms with Crippen molar-refractivity contribution in [3.63, 3.8) is 0 Å². The molecule has 0 aliphatic heterocycles. The summed E-state index contributed by atoms with van der Waals surface area (Å²) in [5.41, 5.74) is 2.18. The highest BCUT2D eigenvalue weighted by molar-refractivity contribution is 5.19. The van der Waals surface area contributed by atoms with Crippen LogP contribution in [0.2, 0.25) is 0 Å². The predicted molar refractivity (Wildman–Crippen MR) is 69.7 cm³/mol. The SMILES string of the molecule is CC(NCCc1cnn(C)c1)c1cccc(F)c1. The highest BCUT2D eigenvalue weighted by Crippen LogP contribution is 2.13.